The lowest BCUT2D eigenvalue weighted by molar-refractivity contribution is -0.143. The molecule has 0 spiro atoms. The molecule has 8 heteroatoms. The van der Waals surface area contributed by atoms with Gasteiger partial charge in [0.25, 0.3) is 0 Å². The molecular weight excluding hydrogens is 377 g/mol. The zero-order valence-corrected chi connectivity index (χ0v) is 13.6. The Bertz CT molecular complexity index is 614. The van der Waals surface area contributed by atoms with Gasteiger partial charge in [0, 0.05) is 36.3 Å². The molecule has 0 N–H and O–H groups in total. The van der Waals surface area contributed by atoms with Gasteiger partial charge in [-0.15, -0.1) is 0 Å². The number of carbonyl (C=O) groups is 2. The zero-order valence-electron chi connectivity index (χ0n) is 12.0. The Hall–Kier alpha value is -1.83. The Labute approximate surface area is 139 Å². The van der Waals surface area contributed by atoms with Crippen LogP contribution in [0.3, 0.4) is 0 Å². The molecule has 1 saturated heterocycles. The summed E-state index contributed by atoms with van der Waals surface area (Å²) in [5, 5.41) is 0. The third-order valence-corrected chi connectivity index (χ3v) is 3.86. The molecule has 0 radical (unpaired) electrons. The summed E-state index contributed by atoms with van der Waals surface area (Å²) in [4.78, 5) is 26.4. The molecule has 0 bridgehead atoms. The minimum atomic E-state index is -4.54. The first-order chi connectivity index (χ1) is 10.7. The van der Waals surface area contributed by atoms with E-state index in [1.165, 1.54) is 0 Å². The topological polar surface area (TPSA) is 40.6 Å². The second kappa shape index (κ2) is 7.16. The van der Waals surface area contributed by atoms with Gasteiger partial charge in [-0.05, 0) is 17.7 Å². The summed E-state index contributed by atoms with van der Waals surface area (Å²) in [5.41, 5.74) is 0.943. The average molecular weight is 391 g/mol. The smallest absolute Gasteiger partial charge is 0.335 e. The molecule has 1 aliphatic rings. The molecule has 0 unspecified atom stereocenters. The number of carbonyl (C=O) groups excluding carboxylic acids is 2. The first kappa shape index (κ1) is 17.5. The van der Waals surface area contributed by atoms with Crippen LogP contribution in [0.5, 0.6) is 0 Å². The molecule has 1 aliphatic heterocycles. The molecule has 1 aromatic rings. The Kier molecular flexibility index (Phi) is 5.46. The Morgan fingerprint density at radius 3 is 2.43 bits per heavy atom. The van der Waals surface area contributed by atoms with Crippen molar-refractivity contribution in [3.8, 4) is 0 Å². The average Bonchev–Trinajstić information content (AvgIpc) is 2.48. The number of piperazine rings is 1. The highest BCUT2D eigenvalue weighted by molar-refractivity contribution is 9.10. The molecule has 124 valence electrons. The number of allylic oxidation sites excluding steroid dienone is 1. The van der Waals surface area contributed by atoms with Crippen LogP contribution in [-0.4, -0.2) is 47.4 Å². The monoisotopic (exact) mass is 390 g/mol. The van der Waals surface area contributed by atoms with E-state index in [2.05, 4.69) is 15.9 Å². The van der Waals surface area contributed by atoms with Crippen LogP contribution in [-0.2, 0) is 16.1 Å². The van der Waals surface area contributed by atoms with Crippen molar-refractivity contribution in [1.82, 2.24) is 9.80 Å². The van der Waals surface area contributed by atoms with Crippen LogP contribution < -0.4 is 0 Å². The lowest BCUT2D eigenvalue weighted by atomic mass is 10.2. The third-order valence-electron chi connectivity index (χ3n) is 3.33. The van der Waals surface area contributed by atoms with Crippen molar-refractivity contribution < 1.29 is 22.8 Å². The molecular formula is C15H14BrF3N2O2. The fourth-order valence-corrected chi connectivity index (χ4v) is 2.41. The van der Waals surface area contributed by atoms with Gasteiger partial charge in [-0.25, -0.2) is 0 Å². The van der Waals surface area contributed by atoms with E-state index in [1.807, 2.05) is 24.3 Å². The summed E-state index contributed by atoms with van der Waals surface area (Å²) in [5.74, 6) is -1.09. The van der Waals surface area contributed by atoms with Crippen molar-refractivity contribution in [2.75, 3.05) is 19.6 Å². The largest absolute Gasteiger partial charge is 0.409 e. The highest BCUT2D eigenvalue weighted by Gasteiger charge is 2.28. The van der Waals surface area contributed by atoms with Gasteiger partial charge < -0.3 is 9.80 Å². The Morgan fingerprint density at radius 1 is 1.22 bits per heavy atom. The van der Waals surface area contributed by atoms with E-state index in [9.17, 15) is 22.8 Å². The Morgan fingerprint density at radius 2 is 1.87 bits per heavy atom. The number of rotatable bonds is 3. The van der Waals surface area contributed by atoms with Crippen LogP contribution >= 0.6 is 15.9 Å². The molecule has 1 fully saturated rings. The van der Waals surface area contributed by atoms with Gasteiger partial charge in [0.05, 0.1) is 0 Å². The van der Waals surface area contributed by atoms with Gasteiger partial charge in [0.2, 0.25) is 11.8 Å². The van der Waals surface area contributed by atoms with Crippen molar-refractivity contribution in [2.24, 2.45) is 0 Å². The number of nitrogens with zero attached hydrogens (tertiary/aromatic N) is 2. The molecule has 1 heterocycles. The van der Waals surface area contributed by atoms with Gasteiger partial charge in [0.15, 0.2) is 0 Å². The molecule has 2 rings (SSSR count). The number of alkyl halides is 3. The first-order valence-corrected chi connectivity index (χ1v) is 7.61. The van der Waals surface area contributed by atoms with Crippen LogP contribution in [0.4, 0.5) is 13.2 Å². The molecule has 2 amide bonds. The maximum absolute atomic E-state index is 12.1. The molecule has 0 saturated carbocycles. The molecule has 1 aromatic carbocycles. The van der Waals surface area contributed by atoms with E-state index < -0.39 is 12.1 Å². The van der Waals surface area contributed by atoms with Crippen LogP contribution in [0.25, 0.3) is 0 Å². The second-order valence-electron chi connectivity index (χ2n) is 5.08. The highest BCUT2D eigenvalue weighted by atomic mass is 79.9. The van der Waals surface area contributed by atoms with E-state index in [0.29, 0.717) is 19.2 Å². The number of halogens is 4. The maximum Gasteiger partial charge on any atom is 0.409 e. The maximum atomic E-state index is 12.1. The van der Waals surface area contributed by atoms with Gasteiger partial charge >= 0.3 is 6.18 Å². The van der Waals surface area contributed by atoms with Crippen LogP contribution in [0.15, 0.2) is 40.9 Å². The van der Waals surface area contributed by atoms with Gasteiger partial charge in [-0.3, -0.25) is 9.59 Å². The molecule has 0 aromatic heterocycles. The lowest BCUT2D eigenvalue weighted by Crippen LogP contribution is -2.51. The van der Waals surface area contributed by atoms with Crippen molar-refractivity contribution >= 4 is 27.7 Å². The minimum Gasteiger partial charge on any atom is -0.335 e. The van der Waals surface area contributed by atoms with Gasteiger partial charge in [-0.2, -0.15) is 13.2 Å². The molecule has 23 heavy (non-hydrogen) atoms. The van der Waals surface area contributed by atoms with Gasteiger partial charge in [0.1, 0.15) is 6.54 Å². The van der Waals surface area contributed by atoms with Crippen molar-refractivity contribution in [3.05, 3.63) is 46.5 Å². The number of hydrogen-bond acceptors (Lipinski definition) is 2. The third kappa shape index (κ3) is 5.38. The predicted molar refractivity (Wildman–Crippen MR) is 81.3 cm³/mol. The zero-order chi connectivity index (χ0) is 17.0. The van der Waals surface area contributed by atoms with E-state index >= 15 is 0 Å². The number of benzene rings is 1. The summed E-state index contributed by atoms with van der Waals surface area (Å²) in [7, 11) is 0. The second-order valence-corrected chi connectivity index (χ2v) is 5.99. The van der Waals surface area contributed by atoms with Crippen LogP contribution in [0, 0.1) is 0 Å². The SMILES string of the molecule is O=C(/C=C/C(F)(F)F)N1CCN(Cc2ccc(Br)cc2)C(=O)C1. The fraction of sp³-hybridized carbons (Fsp3) is 0.333. The quantitative estimate of drug-likeness (QED) is 0.744. The van der Waals surface area contributed by atoms with Crippen LogP contribution in [0.2, 0.25) is 0 Å². The molecule has 0 aliphatic carbocycles. The summed E-state index contributed by atoms with van der Waals surface area (Å²) >= 11 is 3.32. The number of amides is 2. The standard InChI is InChI=1S/C15H14BrF3N2O2/c16-12-3-1-11(2-4-12)9-20-7-8-21(10-14(20)23)13(22)5-6-15(17,18)19/h1-6H,7-10H2/b6-5+. The van der Waals surface area contributed by atoms with Crippen molar-refractivity contribution in [2.45, 2.75) is 12.7 Å². The predicted octanol–water partition coefficient (Wildman–Crippen LogP) is 2.74. The normalized spacial score (nSPS) is 16.3. The van der Waals surface area contributed by atoms with Crippen LogP contribution in [0.1, 0.15) is 5.56 Å². The fourth-order valence-electron chi connectivity index (χ4n) is 2.15. The number of hydrogen-bond donors (Lipinski definition) is 0. The van der Waals surface area contributed by atoms with Crippen molar-refractivity contribution in [1.29, 1.82) is 0 Å². The molecule has 0 atom stereocenters. The highest BCUT2D eigenvalue weighted by Crippen LogP contribution is 2.17. The van der Waals surface area contributed by atoms with E-state index in [-0.39, 0.29) is 25.1 Å². The minimum absolute atomic E-state index is 0.117. The first-order valence-electron chi connectivity index (χ1n) is 6.82. The summed E-state index contributed by atoms with van der Waals surface area (Å²) < 4.78 is 37.1. The Balaban J connectivity index is 1.92. The summed E-state index contributed by atoms with van der Waals surface area (Å²) in [6, 6.07) is 7.48. The van der Waals surface area contributed by atoms with Gasteiger partial charge in [-0.1, -0.05) is 28.1 Å². The van der Waals surface area contributed by atoms with E-state index in [0.717, 1.165) is 14.9 Å². The van der Waals surface area contributed by atoms with Crippen molar-refractivity contribution in [3.63, 3.8) is 0 Å². The lowest BCUT2D eigenvalue weighted by Gasteiger charge is -2.34. The summed E-state index contributed by atoms with van der Waals surface area (Å²) in [6.45, 7) is 0.702. The van der Waals surface area contributed by atoms with E-state index in [4.69, 9.17) is 0 Å². The summed E-state index contributed by atoms with van der Waals surface area (Å²) in [6.07, 6.45) is -4.20. The van der Waals surface area contributed by atoms with E-state index in [1.54, 1.807) is 4.90 Å². The molecule has 4 nitrogen and oxygen atoms in total.